The number of hydrogen-bond acceptors (Lipinski definition) is 4. The van der Waals surface area contributed by atoms with Crippen molar-refractivity contribution in [3.63, 3.8) is 0 Å². The van der Waals surface area contributed by atoms with Gasteiger partial charge in [0.2, 0.25) is 5.91 Å². The normalized spacial score (nSPS) is 11.8. The van der Waals surface area contributed by atoms with Crippen LogP contribution in [0.4, 0.5) is 5.69 Å². The fourth-order valence-corrected chi connectivity index (χ4v) is 4.01. The number of rotatable bonds is 9. The third-order valence-electron chi connectivity index (χ3n) is 4.98. The summed E-state index contributed by atoms with van der Waals surface area (Å²) in [5.74, 6) is -0.115. The average molecular weight is 390 g/mol. The lowest BCUT2D eigenvalue weighted by Crippen LogP contribution is -2.45. The summed E-state index contributed by atoms with van der Waals surface area (Å²) in [5, 5.41) is 2.90. The van der Waals surface area contributed by atoms with Gasteiger partial charge in [-0.15, -0.1) is 0 Å². The van der Waals surface area contributed by atoms with Gasteiger partial charge in [0.1, 0.15) is 0 Å². The van der Waals surface area contributed by atoms with Crippen LogP contribution in [0.1, 0.15) is 32.3 Å². The minimum atomic E-state index is -3.70. The first kappa shape index (κ1) is 20.9. The summed E-state index contributed by atoms with van der Waals surface area (Å²) in [6, 6.07) is 15.2. The van der Waals surface area contributed by atoms with E-state index in [0.717, 1.165) is 0 Å². The summed E-state index contributed by atoms with van der Waals surface area (Å²) < 4.78 is 27.8. The first-order valence-corrected chi connectivity index (χ1v) is 10.5. The standard InChI is InChI=1S/C20H27N3O3S/c1-3-20(4-2,15-21)19(24)22-14-16-10-8-9-13-18(16)23-27(25,26)17-11-6-5-7-12-17/h5-13,23H,3-4,14-15,21H2,1-2H3,(H,22,24). The molecule has 146 valence electrons. The van der Waals surface area contributed by atoms with Crippen molar-refractivity contribution in [2.24, 2.45) is 11.1 Å². The molecule has 0 bridgehead atoms. The summed E-state index contributed by atoms with van der Waals surface area (Å²) >= 11 is 0. The van der Waals surface area contributed by atoms with Crippen molar-refractivity contribution in [2.75, 3.05) is 11.3 Å². The number of carbonyl (C=O) groups is 1. The highest BCUT2D eigenvalue weighted by Gasteiger charge is 2.33. The van der Waals surface area contributed by atoms with Gasteiger partial charge in [-0.2, -0.15) is 0 Å². The maximum atomic E-state index is 12.6. The molecule has 0 fully saturated rings. The molecule has 27 heavy (non-hydrogen) atoms. The number of benzene rings is 2. The highest BCUT2D eigenvalue weighted by molar-refractivity contribution is 7.92. The molecule has 2 aromatic carbocycles. The third-order valence-corrected chi connectivity index (χ3v) is 6.36. The van der Waals surface area contributed by atoms with Gasteiger partial charge in [-0.25, -0.2) is 8.42 Å². The van der Waals surface area contributed by atoms with Crippen molar-refractivity contribution in [1.29, 1.82) is 0 Å². The molecule has 0 atom stereocenters. The minimum Gasteiger partial charge on any atom is -0.351 e. The van der Waals surface area contributed by atoms with E-state index in [1.807, 2.05) is 13.8 Å². The SMILES string of the molecule is CCC(CC)(CN)C(=O)NCc1ccccc1NS(=O)(=O)c1ccccc1. The van der Waals surface area contributed by atoms with Crippen LogP contribution in [-0.2, 0) is 21.4 Å². The maximum Gasteiger partial charge on any atom is 0.261 e. The lowest BCUT2D eigenvalue weighted by molar-refractivity contribution is -0.131. The Kier molecular flexibility index (Phi) is 6.98. The molecule has 0 aromatic heterocycles. The highest BCUT2D eigenvalue weighted by Crippen LogP contribution is 2.26. The molecular weight excluding hydrogens is 362 g/mol. The van der Waals surface area contributed by atoms with E-state index in [1.165, 1.54) is 12.1 Å². The molecule has 0 spiro atoms. The van der Waals surface area contributed by atoms with Gasteiger partial charge >= 0.3 is 0 Å². The fraction of sp³-hybridized carbons (Fsp3) is 0.350. The molecule has 2 aromatic rings. The zero-order valence-corrected chi connectivity index (χ0v) is 16.6. The second kappa shape index (κ2) is 9.01. The van der Waals surface area contributed by atoms with Crippen LogP contribution in [0.15, 0.2) is 59.5 Å². The van der Waals surface area contributed by atoms with E-state index in [-0.39, 0.29) is 23.9 Å². The average Bonchev–Trinajstić information content (AvgIpc) is 2.69. The van der Waals surface area contributed by atoms with Crippen LogP contribution in [0.5, 0.6) is 0 Å². The van der Waals surface area contributed by atoms with Gasteiger partial charge in [-0.3, -0.25) is 9.52 Å². The summed E-state index contributed by atoms with van der Waals surface area (Å²) in [6.07, 6.45) is 1.29. The summed E-state index contributed by atoms with van der Waals surface area (Å²) in [7, 11) is -3.70. The van der Waals surface area contributed by atoms with Crippen molar-refractivity contribution >= 4 is 21.6 Å². The van der Waals surface area contributed by atoms with E-state index in [1.54, 1.807) is 42.5 Å². The molecule has 0 radical (unpaired) electrons. The molecule has 6 nitrogen and oxygen atoms in total. The molecule has 0 saturated heterocycles. The first-order valence-electron chi connectivity index (χ1n) is 9.02. The highest BCUT2D eigenvalue weighted by atomic mass is 32.2. The first-order chi connectivity index (χ1) is 12.9. The van der Waals surface area contributed by atoms with Gasteiger partial charge in [-0.05, 0) is 36.6 Å². The Hall–Kier alpha value is -2.38. The quantitative estimate of drug-likeness (QED) is 0.614. The summed E-state index contributed by atoms with van der Waals surface area (Å²) in [4.78, 5) is 12.8. The van der Waals surface area contributed by atoms with Gasteiger partial charge in [-0.1, -0.05) is 50.2 Å². The molecular formula is C20H27N3O3S. The molecule has 0 unspecified atom stereocenters. The van der Waals surface area contributed by atoms with Crippen LogP contribution in [0.2, 0.25) is 0 Å². The molecule has 0 saturated carbocycles. The van der Waals surface area contributed by atoms with Gasteiger partial charge in [0.05, 0.1) is 16.0 Å². The number of nitrogens with two attached hydrogens (primary N) is 1. The van der Waals surface area contributed by atoms with Crippen LogP contribution < -0.4 is 15.8 Å². The topological polar surface area (TPSA) is 101 Å². The Labute approximate surface area is 161 Å². The van der Waals surface area contributed by atoms with Crippen molar-refractivity contribution in [2.45, 2.75) is 38.1 Å². The van der Waals surface area contributed by atoms with Gasteiger partial charge in [0, 0.05) is 13.1 Å². The van der Waals surface area contributed by atoms with Crippen LogP contribution in [-0.4, -0.2) is 20.9 Å². The number of nitrogens with one attached hydrogen (secondary N) is 2. The molecule has 2 rings (SSSR count). The predicted octanol–water partition coefficient (Wildman–Crippen LogP) is 2.87. The van der Waals surface area contributed by atoms with Gasteiger partial charge in [0.15, 0.2) is 0 Å². The van der Waals surface area contributed by atoms with Gasteiger partial charge in [0.25, 0.3) is 10.0 Å². The van der Waals surface area contributed by atoms with E-state index in [2.05, 4.69) is 10.0 Å². The smallest absolute Gasteiger partial charge is 0.261 e. The molecule has 0 aliphatic heterocycles. The van der Waals surface area contributed by atoms with Crippen LogP contribution in [0.3, 0.4) is 0 Å². The maximum absolute atomic E-state index is 12.6. The Morgan fingerprint density at radius 3 is 2.19 bits per heavy atom. The lowest BCUT2D eigenvalue weighted by atomic mass is 9.81. The fourth-order valence-electron chi connectivity index (χ4n) is 2.89. The molecule has 0 aliphatic rings. The largest absolute Gasteiger partial charge is 0.351 e. The number of para-hydroxylation sites is 1. The monoisotopic (exact) mass is 389 g/mol. The van der Waals surface area contributed by atoms with E-state index < -0.39 is 15.4 Å². The molecule has 0 aliphatic carbocycles. The van der Waals surface area contributed by atoms with Crippen molar-refractivity contribution in [3.8, 4) is 0 Å². The number of carbonyl (C=O) groups excluding carboxylic acids is 1. The Morgan fingerprint density at radius 2 is 1.59 bits per heavy atom. The van der Waals surface area contributed by atoms with Crippen LogP contribution >= 0.6 is 0 Å². The Morgan fingerprint density at radius 1 is 1.00 bits per heavy atom. The van der Waals surface area contributed by atoms with E-state index in [4.69, 9.17) is 5.73 Å². The number of hydrogen-bond donors (Lipinski definition) is 3. The van der Waals surface area contributed by atoms with E-state index >= 15 is 0 Å². The number of amides is 1. The lowest BCUT2D eigenvalue weighted by Gasteiger charge is -2.28. The Bertz CT molecular complexity index is 855. The minimum absolute atomic E-state index is 0.115. The van der Waals surface area contributed by atoms with E-state index in [0.29, 0.717) is 24.1 Å². The second-order valence-electron chi connectivity index (χ2n) is 6.45. The van der Waals surface area contributed by atoms with Crippen LogP contribution in [0, 0.1) is 5.41 Å². The molecule has 1 amide bonds. The predicted molar refractivity (Wildman–Crippen MR) is 108 cm³/mol. The molecule has 4 N–H and O–H groups in total. The molecule has 7 heteroatoms. The van der Waals surface area contributed by atoms with Crippen molar-refractivity contribution in [3.05, 3.63) is 60.2 Å². The number of anilines is 1. The zero-order chi connectivity index (χ0) is 19.9. The summed E-state index contributed by atoms with van der Waals surface area (Å²) in [5.41, 5.74) is 6.35. The van der Waals surface area contributed by atoms with Crippen molar-refractivity contribution in [1.82, 2.24) is 5.32 Å². The third kappa shape index (κ3) is 4.87. The number of sulfonamides is 1. The Balaban J connectivity index is 2.18. The molecule has 0 heterocycles. The van der Waals surface area contributed by atoms with Gasteiger partial charge < -0.3 is 11.1 Å². The van der Waals surface area contributed by atoms with E-state index in [9.17, 15) is 13.2 Å². The van der Waals surface area contributed by atoms with Crippen molar-refractivity contribution < 1.29 is 13.2 Å². The van der Waals surface area contributed by atoms with Crippen LogP contribution in [0.25, 0.3) is 0 Å². The zero-order valence-electron chi connectivity index (χ0n) is 15.7. The summed E-state index contributed by atoms with van der Waals surface area (Å²) in [6.45, 7) is 4.37. The second-order valence-corrected chi connectivity index (χ2v) is 8.13.